The zero-order valence-electron chi connectivity index (χ0n) is 6.71. The van der Waals surface area contributed by atoms with Gasteiger partial charge in [0.25, 0.3) is 0 Å². The van der Waals surface area contributed by atoms with E-state index in [-0.39, 0.29) is 17.7 Å². The van der Waals surface area contributed by atoms with Gasteiger partial charge in [-0.15, -0.1) is 0 Å². The Hall–Kier alpha value is -2.07. The van der Waals surface area contributed by atoms with Gasteiger partial charge >= 0.3 is 0 Å². The summed E-state index contributed by atoms with van der Waals surface area (Å²) in [4.78, 5) is 0. The second-order valence-corrected chi connectivity index (χ2v) is 2.49. The summed E-state index contributed by atoms with van der Waals surface area (Å²) in [7, 11) is 0. The quantitative estimate of drug-likeness (QED) is 0.654. The van der Waals surface area contributed by atoms with Crippen LogP contribution in [0.1, 0.15) is 11.1 Å². The summed E-state index contributed by atoms with van der Waals surface area (Å²) < 4.78 is 13.0. The van der Waals surface area contributed by atoms with E-state index in [1.165, 1.54) is 12.1 Å². The van der Waals surface area contributed by atoms with Crippen molar-refractivity contribution in [1.82, 2.24) is 0 Å². The van der Waals surface area contributed by atoms with Crippen molar-refractivity contribution >= 4 is 5.69 Å². The molecular weight excluding hydrogens is 169 g/mol. The number of anilines is 1. The van der Waals surface area contributed by atoms with Crippen molar-refractivity contribution < 1.29 is 4.39 Å². The zero-order valence-corrected chi connectivity index (χ0v) is 6.71. The number of hydrogen-bond acceptors (Lipinski definition) is 3. The number of nitriles is 2. The number of halogens is 1. The standard InChI is InChI=1S/C9H6FN3/c10-9-7(5-12)3-6(1-2-11)4-8(9)13/h3-4H,1,13H2. The van der Waals surface area contributed by atoms with Crippen LogP contribution in [0, 0.1) is 28.5 Å². The molecule has 0 heterocycles. The number of hydrogen-bond donors (Lipinski definition) is 1. The van der Waals surface area contributed by atoms with Crippen LogP contribution in [0.4, 0.5) is 10.1 Å². The molecular formula is C9H6FN3. The Morgan fingerprint density at radius 1 is 1.38 bits per heavy atom. The number of nitrogens with two attached hydrogens (primary N) is 1. The van der Waals surface area contributed by atoms with Gasteiger partial charge in [-0.1, -0.05) is 0 Å². The van der Waals surface area contributed by atoms with Crippen molar-refractivity contribution in [3.05, 3.63) is 29.1 Å². The van der Waals surface area contributed by atoms with Crippen LogP contribution in [-0.4, -0.2) is 0 Å². The average Bonchev–Trinajstić information content (AvgIpc) is 2.11. The van der Waals surface area contributed by atoms with Gasteiger partial charge in [-0.3, -0.25) is 0 Å². The molecule has 3 nitrogen and oxygen atoms in total. The highest BCUT2D eigenvalue weighted by molar-refractivity contribution is 5.51. The van der Waals surface area contributed by atoms with Gasteiger partial charge in [-0.25, -0.2) is 4.39 Å². The van der Waals surface area contributed by atoms with Crippen LogP contribution < -0.4 is 5.73 Å². The van der Waals surface area contributed by atoms with Gasteiger partial charge in [0.1, 0.15) is 6.07 Å². The lowest BCUT2D eigenvalue weighted by atomic mass is 10.1. The normalized spacial score (nSPS) is 8.85. The third-order valence-electron chi connectivity index (χ3n) is 1.56. The molecule has 0 aliphatic rings. The molecule has 0 fully saturated rings. The molecule has 0 aromatic heterocycles. The highest BCUT2D eigenvalue weighted by atomic mass is 19.1. The molecule has 2 N–H and O–H groups in total. The van der Waals surface area contributed by atoms with Crippen molar-refractivity contribution in [2.24, 2.45) is 0 Å². The van der Waals surface area contributed by atoms with E-state index in [4.69, 9.17) is 16.3 Å². The lowest BCUT2D eigenvalue weighted by Gasteiger charge is -2.01. The molecule has 1 aromatic rings. The van der Waals surface area contributed by atoms with Gasteiger partial charge in [-0.05, 0) is 17.7 Å². The van der Waals surface area contributed by atoms with E-state index in [0.29, 0.717) is 5.56 Å². The first-order valence-corrected chi connectivity index (χ1v) is 3.54. The summed E-state index contributed by atoms with van der Waals surface area (Å²) >= 11 is 0. The number of benzene rings is 1. The molecule has 4 heteroatoms. The molecule has 0 aliphatic heterocycles. The zero-order chi connectivity index (χ0) is 9.84. The summed E-state index contributed by atoms with van der Waals surface area (Å²) in [5.41, 5.74) is 5.63. The van der Waals surface area contributed by atoms with Gasteiger partial charge in [0.05, 0.1) is 23.7 Å². The topological polar surface area (TPSA) is 73.6 Å². The minimum atomic E-state index is -0.718. The van der Waals surface area contributed by atoms with Gasteiger partial charge in [0.2, 0.25) is 0 Å². The molecule has 0 amide bonds. The molecule has 0 atom stereocenters. The molecule has 64 valence electrons. The van der Waals surface area contributed by atoms with Crippen molar-refractivity contribution in [2.75, 3.05) is 5.73 Å². The SMILES string of the molecule is N#CCc1cc(N)c(F)c(C#N)c1. The average molecular weight is 175 g/mol. The van der Waals surface area contributed by atoms with Crippen LogP contribution in [-0.2, 0) is 6.42 Å². The summed E-state index contributed by atoms with van der Waals surface area (Å²) in [5, 5.41) is 16.9. The highest BCUT2D eigenvalue weighted by Gasteiger charge is 2.07. The van der Waals surface area contributed by atoms with Crippen molar-refractivity contribution in [3.63, 3.8) is 0 Å². The van der Waals surface area contributed by atoms with E-state index in [1.807, 2.05) is 6.07 Å². The first kappa shape index (κ1) is 9.02. The Morgan fingerprint density at radius 2 is 2.08 bits per heavy atom. The summed E-state index contributed by atoms with van der Waals surface area (Å²) in [6.07, 6.45) is 0.124. The maximum Gasteiger partial charge on any atom is 0.163 e. The Morgan fingerprint density at radius 3 is 2.62 bits per heavy atom. The molecule has 0 saturated carbocycles. The molecule has 1 aromatic carbocycles. The molecule has 0 saturated heterocycles. The van der Waals surface area contributed by atoms with E-state index in [2.05, 4.69) is 0 Å². The largest absolute Gasteiger partial charge is 0.396 e. The molecule has 0 unspecified atom stereocenters. The van der Waals surface area contributed by atoms with Crippen LogP contribution in [0.25, 0.3) is 0 Å². The van der Waals surface area contributed by atoms with Crippen molar-refractivity contribution in [2.45, 2.75) is 6.42 Å². The molecule has 0 bridgehead atoms. The molecule has 0 radical (unpaired) electrons. The van der Waals surface area contributed by atoms with Crippen molar-refractivity contribution in [1.29, 1.82) is 10.5 Å². The van der Waals surface area contributed by atoms with E-state index >= 15 is 0 Å². The Balaban J connectivity index is 3.26. The smallest absolute Gasteiger partial charge is 0.163 e. The van der Waals surface area contributed by atoms with Crippen LogP contribution in [0.5, 0.6) is 0 Å². The first-order valence-electron chi connectivity index (χ1n) is 3.54. The van der Waals surface area contributed by atoms with E-state index < -0.39 is 5.82 Å². The number of nitrogens with zero attached hydrogens (tertiary/aromatic N) is 2. The fourth-order valence-electron chi connectivity index (χ4n) is 0.984. The van der Waals surface area contributed by atoms with Gasteiger partial charge < -0.3 is 5.73 Å². The van der Waals surface area contributed by atoms with E-state index in [1.54, 1.807) is 6.07 Å². The predicted molar refractivity (Wildman–Crippen MR) is 44.8 cm³/mol. The van der Waals surface area contributed by atoms with Crippen LogP contribution in [0.3, 0.4) is 0 Å². The Kier molecular flexibility index (Phi) is 2.47. The van der Waals surface area contributed by atoms with Crippen LogP contribution in [0.15, 0.2) is 12.1 Å². The molecule has 0 spiro atoms. The lowest BCUT2D eigenvalue weighted by Crippen LogP contribution is -1.96. The van der Waals surface area contributed by atoms with E-state index in [9.17, 15) is 4.39 Å². The second kappa shape index (κ2) is 3.55. The van der Waals surface area contributed by atoms with Crippen LogP contribution in [0.2, 0.25) is 0 Å². The Bertz CT molecular complexity index is 412. The molecule has 1 rings (SSSR count). The third-order valence-corrected chi connectivity index (χ3v) is 1.56. The Labute approximate surface area is 74.8 Å². The summed E-state index contributed by atoms with van der Waals surface area (Å²) in [6, 6.07) is 6.25. The monoisotopic (exact) mass is 175 g/mol. The minimum Gasteiger partial charge on any atom is -0.396 e. The minimum absolute atomic E-state index is 0.0932. The summed E-state index contributed by atoms with van der Waals surface area (Å²) in [5.74, 6) is -0.718. The maximum atomic E-state index is 13.0. The fraction of sp³-hybridized carbons (Fsp3) is 0.111. The summed E-state index contributed by atoms with van der Waals surface area (Å²) in [6.45, 7) is 0. The maximum absolute atomic E-state index is 13.0. The highest BCUT2D eigenvalue weighted by Crippen LogP contribution is 2.17. The number of nitrogen functional groups attached to an aromatic ring is 1. The van der Waals surface area contributed by atoms with Crippen LogP contribution >= 0.6 is 0 Å². The van der Waals surface area contributed by atoms with Crippen molar-refractivity contribution in [3.8, 4) is 12.1 Å². The van der Waals surface area contributed by atoms with Gasteiger partial charge in [-0.2, -0.15) is 10.5 Å². The first-order chi connectivity index (χ1) is 6.19. The lowest BCUT2D eigenvalue weighted by molar-refractivity contribution is 0.628. The second-order valence-electron chi connectivity index (χ2n) is 2.49. The van der Waals surface area contributed by atoms with E-state index in [0.717, 1.165) is 0 Å². The third kappa shape index (κ3) is 1.74. The molecule has 13 heavy (non-hydrogen) atoms. The molecule has 0 aliphatic carbocycles. The van der Waals surface area contributed by atoms with Gasteiger partial charge in [0, 0.05) is 0 Å². The number of rotatable bonds is 1. The fourth-order valence-corrected chi connectivity index (χ4v) is 0.984. The van der Waals surface area contributed by atoms with Gasteiger partial charge in [0.15, 0.2) is 5.82 Å². The predicted octanol–water partition coefficient (Wildman–Crippen LogP) is 1.35.